The molecule has 1 heterocycles. The monoisotopic (exact) mass is 437 g/mol. The summed E-state index contributed by atoms with van der Waals surface area (Å²) in [4.78, 5) is 48.3. The lowest BCUT2D eigenvalue weighted by Gasteiger charge is -2.24. The summed E-state index contributed by atoms with van der Waals surface area (Å²) in [6, 6.07) is 1.46. The lowest BCUT2D eigenvalue weighted by molar-refractivity contribution is -0.140. The van der Waals surface area contributed by atoms with Gasteiger partial charge in [0, 0.05) is 18.0 Å². The number of rotatable bonds is 9. The number of nitrogens with zero attached hydrogens (tertiary/aromatic N) is 1. The third kappa shape index (κ3) is 5.25. The number of carboxylic acids is 1. The predicted molar refractivity (Wildman–Crippen MR) is 109 cm³/mol. The Balaban J connectivity index is 2.30. The zero-order valence-corrected chi connectivity index (χ0v) is 17.7. The van der Waals surface area contributed by atoms with Crippen LogP contribution in [0.3, 0.4) is 0 Å². The van der Waals surface area contributed by atoms with Crippen molar-refractivity contribution in [1.29, 1.82) is 0 Å². The number of halogens is 2. The van der Waals surface area contributed by atoms with Crippen LogP contribution in [0, 0.1) is 18.7 Å². The maximum Gasteiger partial charge on any atom is 0.305 e. The Morgan fingerprint density at radius 2 is 1.81 bits per heavy atom. The number of carbonyl (C=O) groups is 4. The summed E-state index contributed by atoms with van der Waals surface area (Å²) in [6.45, 7) is 3.53. The number of ketones is 1. The molecule has 0 saturated carbocycles. The van der Waals surface area contributed by atoms with Crippen molar-refractivity contribution in [2.45, 2.75) is 39.3 Å². The first-order valence-corrected chi connectivity index (χ1v) is 9.64. The van der Waals surface area contributed by atoms with Crippen molar-refractivity contribution in [1.82, 2.24) is 15.2 Å². The van der Waals surface area contributed by atoms with Gasteiger partial charge in [-0.05, 0) is 36.6 Å². The van der Waals surface area contributed by atoms with Gasteiger partial charge in [0.1, 0.15) is 30.3 Å². The number of carboxylic acid groups (broad SMARTS) is 1. The average molecular weight is 437 g/mol. The van der Waals surface area contributed by atoms with Crippen LogP contribution in [0.4, 0.5) is 8.78 Å². The smallest absolute Gasteiger partial charge is 0.305 e. The highest BCUT2D eigenvalue weighted by Crippen LogP contribution is 2.25. The minimum atomic E-state index is -1.55. The van der Waals surface area contributed by atoms with E-state index in [2.05, 4.69) is 10.6 Å². The molecule has 0 fully saturated rings. The molecule has 0 bridgehead atoms. The van der Waals surface area contributed by atoms with Crippen molar-refractivity contribution in [3.63, 3.8) is 0 Å². The third-order valence-corrected chi connectivity index (χ3v) is 5.08. The molecule has 2 amide bonds. The highest BCUT2D eigenvalue weighted by molar-refractivity contribution is 6.03. The zero-order chi connectivity index (χ0) is 23.5. The van der Waals surface area contributed by atoms with E-state index < -0.39 is 60.5 Å². The summed E-state index contributed by atoms with van der Waals surface area (Å²) in [5.41, 5.74) is 1.37. The van der Waals surface area contributed by atoms with Gasteiger partial charge in [-0.1, -0.05) is 13.8 Å². The summed E-state index contributed by atoms with van der Waals surface area (Å²) in [7, 11) is 1.63. The molecule has 0 spiro atoms. The molecule has 1 unspecified atom stereocenters. The second-order valence-corrected chi connectivity index (χ2v) is 7.65. The molecule has 2 aromatic rings. The van der Waals surface area contributed by atoms with Crippen molar-refractivity contribution in [2.24, 2.45) is 13.0 Å². The molecule has 0 saturated heterocycles. The Hall–Kier alpha value is -3.30. The summed E-state index contributed by atoms with van der Waals surface area (Å²) in [6.07, 6.45) is -0.777. The van der Waals surface area contributed by atoms with E-state index in [4.69, 9.17) is 5.11 Å². The number of aryl methyl sites for hydroxylation is 2. The molecule has 3 N–H and O–H groups in total. The lowest BCUT2D eigenvalue weighted by atomic mass is 10.0. The van der Waals surface area contributed by atoms with Crippen molar-refractivity contribution < 1.29 is 33.1 Å². The van der Waals surface area contributed by atoms with Crippen LogP contribution in [-0.4, -0.2) is 52.0 Å². The van der Waals surface area contributed by atoms with Gasteiger partial charge in [0.15, 0.2) is 5.78 Å². The molecule has 0 aliphatic carbocycles. The molecular formula is C21H25F2N3O5. The quantitative estimate of drug-likeness (QED) is 0.554. The van der Waals surface area contributed by atoms with Crippen LogP contribution in [0.2, 0.25) is 0 Å². The van der Waals surface area contributed by atoms with Gasteiger partial charge in [0.05, 0.1) is 6.42 Å². The van der Waals surface area contributed by atoms with Crippen LogP contribution >= 0.6 is 0 Å². The fourth-order valence-corrected chi connectivity index (χ4v) is 3.44. The standard InChI is InChI=1S/C21H25F2N3O5/c1-10(2)18(20(30)24-14(8-17(28)29)16(27)9-22)25-21(31)19-11(3)13-7-12(23)5-6-15(13)26(19)4/h5-7,10,14,18H,8-9H2,1-4H3,(H,24,30)(H,25,31)(H,28,29)/t14?,18-/m0/s1. The summed E-state index contributed by atoms with van der Waals surface area (Å²) < 4.78 is 28.0. The number of carbonyl (C=O) groups excluding carboxylic acids is 3. The number of aliphatic carboxylic acids is 1. The number of hydrogen-bond donors (Lipinski definition) is 3. The largest absolute Gasteiger partial charge is 0.481 e. The van der Waals surface area contributed by atoms with E-state index in [9.17, 15) is 28.0 Å². The molecule has 10 heteroatoms. The molecule has 31 heavy (non-hydrogen) atoms. The summed E-state index contributed by atoms with van der Waals surface area (Å²) in [5.74, 6) is -4.74. The van der Waals surface area contributed by atoms with Gasteiger partial charge in [0.2, 0.25) is 5.91 Å². The highest BCUT2D eigenvalue weighted by atomic mass is 19.1. The van der Waals surface area contributed by atoms with Gasteiger partial charge < -0.3 is 20.3 Å². The molecular weight excluding hydrogens is 412 g/mol. The molecule has 1 aromatic carbocycles. The molecule has 0 aliphatic rings. The number of aromatic nitrogens is 1. The summed E-state index contributed by atoms with van der Waals surface area (Å²) >= 11 is 0. The fraction of sp³-hybridized carbons (Fsp3) is 0.429. The maximum atomic E-state index is 13.6. The summed E-state index contributed by atoms with van der Waals surface area (Å²) in [5, 5.41) is 14.3. The number of fused-ring (bicyclic) bond motifs is 1. The molecule has 0 radical (unpaired) electrons. The van der Waals surface area contributed by atoms with E-state index in [1.165, 1.54) is 12.1 Å². The molecule has 8 nitrogen and oxygen atoms in total. The van der Waals surface area contributed by atoms with Gasteiger partial charge in [-0.2, -0.15) is 0 Å². The molecule has 1 aromatic heterocycles. The average Bonchev–Trinajstić information content (AvgIpc) is 2.93. The van der Waals surface area contributed by atoms with Crippen LogP contribution in [0.1, 0.15) is 36.3 Å². The number of Topliss-reactive ketones (excluding diaryl/α,β-unsaturated/α-hetero) is 1. The maximum absolute atomic E-state index is 13.6. The lowest BCUT2D eigenvalue weighted by Crippen LogP contribution is -2.54. The minimum absolute atomic E-state index is 0.223. The highest BCUT2D eigenvalue weighted by Gasteiger charge is 2.31. The Bertz CT molecular complexity index is 1030. The molecule has 168 valence electrons. The van der Waals surface area contributed by atoms with Gasteiger partial charge in [-0.25, -0.2) is 8.78 Å². The fourth-order valence-electron chi connectivity index (χ4n) is 3.44. The van der Waals surface area contributed by atoms with Gasteiger partial charge >= 0.3 is 5.97 Å². The zero-order valence-electron chi connectivity index (χ0n) is 17.7. The minimum Gasteiger partial charge on any atom is -0.481 e. The van der Waals surface area contributed by atoms with Crippen molar-refractivity contribution in [3.05, 3.63) is 35.3 Å². The molecule has 0 aliphatic heterocycles. The van der Waals surface area contributed by atoms with E-state index in [-0.39, 0.29) is 5.69 Å². The van der Waals surface area contributed by atoms with E-state index in [0.29, 0.717) is 16.5 Å². The topological polar surface area (TPSA) is 118 Å². The number of benzene rings is 1. The van der Waals surface area contributed by atoms with Gasteiger partial charge in [0.25, 0.3) is 5.91 Å². The second kappa shape index (κ2) is 9.67. The number of alkyl halides is 1. The first kappa shape index (κ1) is 24.0. The normalized spacial score (nSPS) is 13.1. The Morgan fingerprint density at radius 1 is 1.16 bits per heavy atom. The van der Waals surface area contributed by atoms with Crippen LogP contribution in [0.15, 0.2) is 18.2 Å². The van der Waals surface area contributed by atoms with Crippen LogP contribution in [0.5, 0.6) is 0 Å². The Morgan fingerprint density at radius 3 is 2.35 bits per heavy atom. The third-order valence-electron chi connectivity index (χ3n) is 5.08. The van der Waals surface area contributed by atoms with Crippen LogP contribution < -0.4 is 10.6 Å². The van der Waals surface area contributed by atoms with E-state index in [1.54, 1.807) is 38.5 Å². The second-order valence-electron chi connectivity index (χ2n) is 7.65. The van der Waals surface area contributed by atoms with Crippen molar-refractivity contribution in [2.75, 3.05) is 6.67 Å². The van der Waals surface area contributed by atoms with E-state index in [0.717, 1.165) is 0 Å². The van der Waals surface area contributed by atoms with Gasteiger partial charge in [-0.15, -0.1) is 0 Å². The molecule has 2 rings (SSSR count). The van der Waals surface area contributed by atoms with E-state index >= 15 is 0 Å². The SMILES string of the molecule is Cc1c(C(=O)N[C@H](C(=O)NC(CC(=O)O)C(=O)CF)C(C)C)n(C)c2ccc(F)cc12. The van der Waals surface area contributed by atoms with Gasteiger partial charge in [-0.3, -0.25) is 19.2 Å². The van der Waals surface area contributed by atoms with E-state index in [1.807, 2.05) is 0 Å². The molecule has 2 atom stereocenters. The predicted octanol–water partition coefficient (Wildman–Crippen LogP) is 1.88. The van der Waals surface area contributed by atoms with Crippen LogP contribution in [-0.2, 0) is 21.4 Å². The Labute approximate surface area is 177 Å². The first-order valence-electron chi connectivity index (χ1n) is 9.64. The first-order chi connectivity index (χ1) is 14.5. The number of hydrogen-bond acceptors (Lipinski definition) is 4. The Kier molecular flexibility index (Phi) is 7.48. The number of nitrogens with one attached hydrogen (secondary N) is 2. The van der Waals surface area contributed by atoms with Crippen molar-refractivity contribution >= 4 is 34.5 Å². The number of amides is 2. The van der Waals surface area contributed by atoms with Crippen LogP contribution in [0.25, 0.3) is 10.9 Å². The van der Waals surface area contributed by atoms with Crippen molar-refractivity contribution in [3.8, 4) is 0 Å².